The van der Waals surface area contributed by atoms with E-state index < -0.39 is 5.97 Å². The summed E-state index contributed by atoms with van der Waals surface area (Å²) in [4.78, 5) is 23.3. The van der Waals surface area contributed by atoms with Gasteiger partial charge in [0.1, 0.15) is 12.4 Å². The highest BCUT2D eigenvalue weighted by atomic mass is 35.5. The molecule has 7 heteroatoms. The topological polar surface area (TPSA) is 84.9 Å². The molecule has 1 aromatic rings. The fourth-order valence-electron chi connectivity index (χ4n) is 2.78. The largest absolute Gasteiger partial charge is 0.490 e. The molecule has 0 atom stereocenters. The van der Waals surface area contributed by atoms with Crippen LogP contribution >= 0.6 is 11.6 Å². The first-order valence-corrected chi connectivity index (χ1v) is 8.34. The first kappa shape index (κ1) is 18.5. The van der Waals surface area contributed by atoms with Gasteiger partial charge < -0.3 is 19.9 Å². The number of methoxy groups -OCH3 is 1. The second-order valence-electron chi connectivity index (χ2n) is 5.86. The molecule has 0 saturated heterocycles. The summed E-state index contributed by atoms with van der Waals surface area (Å²) in [5.74, 6) is -0.814. The van der Waals surface area contributed by atoms with Gasteiger partial charge in [0.15, 0.2) is 0 Å². The van der Waals surface area contributed by atoms with Gasteiger partial charge in [-0.2, -0.15) is 0 Å². The van der Waals surface area contributed by atoms with E-state index in [1.807, 2.05) is 0 Å². The van der Waals surface area contributed by atoms with Crippen molar-refractivity contribution < 1.29 is 24.2 Å². The fourth-order valence-corrected chi connectivity index (χ4v) is 3.01. The summed E-state index contributed by atoms with van der Waals surface area (Å²) in [5.41, 5.74) is 0.601. The van der Waals surface area contributed by atoms with Crippen LogP contribution in [0.4, 0.5) is 5.69 Å². The lowest BCUT2D eigenvalue weighted by Gasteiger charge is -2.25. The highest BCUT2D eigenvalue weighted by Crippen LogP contribution is 2.31. The number of carbonyl (C=O) groups is 2. The fraction of sp³-hybridized carbons (Fsp3) is 0.529. The van der Waals surface area contributed by atoms with Crippen molar-refractivity contribution >= 4 is 29.2 Å². The number of carboxylic acids is 1. The molecule has 0 radical (unpaired) electrons. The predicted octanol–water partition coefficient (Wildman–Crippen LogP) is 3.19. The highest BCUT2D eigenvalue weighted by Gasteiger charge is 2.29. The Morgan fingerprint density at radius 1 is 1.21 bits per heavy atom. The van der Waals surface area contributed by atoms with Gasteiger partial charge in [-0.3, -0.25) is 9.59 Å². The number of carboxylic acid groups (broad SMARTS) is 1. The minimum absolute atomic E-state index is 0.0945. The summed E-state index contributed by atoms with van der Waals surface area (Å²) in [6, 6.07) is 5.08. The van der Waals surface area contributed by atoms with Gasteiger partial charge in [0, 0.05) is 18.7 Å². The lowest BCUT2D eigenvalue weighted by molar-refractivity contribution is -0.143. The second-order valence-corrected chi connectivity index (χ2v) is 6.27. The van der Waals surface area contributed by atoms with Crippen molar-refractivity contribution in [3.8, 4) is 5.75 Å². The van der Waals surface area contributed by atoms with E-state index in [-0.39, 0.29) is 17.7 Å². The van der Waals surface area contributed by atoms with Crippen LogP contribution in [-0.4, -0.2) is 37.3 Å². The van der Waals surface area contributed by atoms with Crippen molar-refractivity contribution in [3.63, 3.8) is 0 Å². The standard InChI is InChI=1S/C17H22ClNO5/c1-23-8-9-24-15-7-6-13(10-14(15)18)19-16(20)11-2-4-12(5-3-11)17(21)22/h6-7,10-12H,2-5,8-9H2,1H3,(H,19,20)(H,21,22). The van der Waals surface area contributed by atoms with E-state index in [2.05, 4.69) is 5.32 Å². The van der Waals surface area contributed by atoms with Gasteiger partial charge in [-0.1, -0.05) is 11.6 Å². The average Bonchev–Trinajstić information content (AvgIpc) is 2.57. The zero-order valence-corrected chi connectivity index (χ0v) is 14.3. The molecule has 1 aromatic carbocycles. The van der Waals surface area contributed by atoms with Crippen LogP contribution in [0.3, 0.4) is 0 Å². The molecule has 0 aliphatic heterocycles. The first-order chi connectivity index (χ1) is 11.5. The minimum atomic E-state index is -0.773. The molecule has 24 heavy (non-hydrogen) atoms. The third-order valence-corrected chi connectivity index (χ3v) is 4.49. The predicted molar refractivity (Wildman–Crippen MR) is 90.5 cm³/mol. The number of rotatable bonds is 7. The molecular weight excluding hydrogens is 334 g/mol. The second kappa shape index (κ2) is 8.89. The number of anilines is 1. The summed E-state index contributed by atoms with van der Waals surface area (Å²) in [7, 11) is 1.59. The maximum Gasteiger partial charge on any atom is 0.306 e. The summed E-state index contributed by atoms with van der Waals surface area (Å²) in [6.45, 7) is 0.864. The smallest absolute Gasteiger partial charge is 0.306 e. The molecule has 1 fully saturated rings. The van der Waals surface area contributed by atoms with Gasteiger partial charge in [0.25, 0.3) is 0 Å². The summed E-state index contributed by atoms with van der Waals surface area (Å²) < 4.78 is 10.4. The van der Waals surface area contributed by atoms with E-state index in [9.17, 15) is 9.59 Å². The number of amides is 1. The Bertz CT molecular complexity index is 584. The first-order valence-electron chi connectivity index (χ1n) is 7.96. The maximum atomic E-state index is 12.3. The summed E-state index contributed by atoms with van der Waals surface area (Å²) in [6.07, 6.45) is 2.27. The average molecular weight is 356 g/mol. The monoisotopic (exact) mass is 355 g/mol. The number of nitrogens with one attached hydrogen (secondary N) is 1. The van der Waals surface area contributed by atoms with Crippen LogP contribution < -0.4 is 10.1 Å². The highest BCUT2D eigenvalue weighted by molar-refractivity contribution is 6.32. The molecule has 6 nitrogen and oxygen atoms in total. The number of ether oxygens (including phenoxy) is 2. The molecule has 0 unspecified atom stereocenters. The summed E-state index contributed by atoms with van der Waals surface area (Å²) in [5, 5.41) is 12.3. The quantitative estimate of drug-likeness (QED) is 0.734. The van der Waals surface area contributed by atoms with Crippen molar-refractivity contribution in [2.45, 2.75) is 25.7 Å². The molecule has 2 N–H and O–H groups in total. The number of aliphatic carboxylic acids is 1. The molecule has 0 spiro atoms. The number of carbonyl (C=O) groups excluding carboxylic acids is 1. The Balaban J connectivity index is 1.88. The van der Waals surface area contributed by atoms with E-state index in [1.54, 1.807) is 25.3 Å². The van der Waals surface area contributed by atoms with E-state index in [0.29, 0.717) is 55.4 Å². The van der Waals surface area contributed by atoms with Crippen LogP contribution in [0.25, 0.3) is 0 Å². The van der Waals surface area contributed by atoms with Crippen molar-refractivity contribution in [2.24, 2.45) is 11.8 Å². The van der Waals surface area contributed by atoms with E-state index in [4.69, 9.17) is 26.2 Å². The van der Waals surface area contributed by atoms with Gasteiger partial charge >= 0.3 is 5.97 Å². The lowest BCUT2D eigenvalue weighted by Crippen LogP contribution is -2.29. The molecule has 0 bridgehead atoms. The molecule has 0 heterocycles. The van der Waals surface area contributed by atoms with Crippen LogP contribution in [0.5, 0.6) is 5.75 Å². The van der Waals surface area contributed by atoms with Gasteiger partial charge in [0.05, 0.1) is 17.5 Å². The molecule has 1 saturated carbocycles. The normalized spacial score (nSPS) is 20.4. The van der Waals surface area contributed by atoms with Crippen LogP contribution in [0, 0.1) is 11.8 Å². The maximum absolute atomic E-state index is 12.3. The van der Waals surface area contributed by atoms with E-state index in [1.165, 1.54) is 0 Å². The van der Waals surface area contributed by atoms with E-state index in [0.717, 1.165) is 0 Å². The number of hydrogen-bond donors (Lipinski definition) is 2. The molecule has 0 aromatic heterocycles. The van der Waals surface area contributed by atoms with Crippen LogP contribution in [0.15, 0.2) is 18.2 Å². The van der Waals surface area contributed by atoms with Crippen molar-refractivity contribution in [3.05, 3.63) is 23.2 Å². The Hall–Kier alpha value is -1.79. The lowest BCUT2D eigenvalue weighted by atomic mass is 9.81. The summed E-state index contributed by atoms with van der Waals surface area (Å²) >= 11 is 6.15. The Kier molecular flexibility index (Phi) is 6.87. The number of benzene rings is 1. The number of hydrogen-bond acceptors (Lipinski definition) is 4. The Labute approximate surface area is 146 Å². The van der Waals surface area contributed by atoms with Crippen molar-refractivity contribution in [2.75, 3.05) is 25.6 Å². The number of halogens is 1. The molecule has 1 amide bonds. The molecule has 132 valence electrons. The Morgan fingerprint density at radius 3 is 2.46 bits per heavy atom. The molecular formula is C17H22ClNO5. The van der Waals surface area contributed by atoms with Gasteiger partial charge in [-0.05, 0) is 43.9 Å². The molecule has 1 aliphatic carbocycles. The van der Waals surface area contributed by atoms with Gasteiger partial charge in [0.2, 0.25) is 5.91 Å². The zero-order chi connectivity index (χ0) is 17.5. The Morgan fingerprint density at radius 2 is 1.88 bits per heavy atom. The SMILES string of the molecule is COCCOc1ccc(NC(=O)C2CCC(C(=O)O)CC2)cc1Cl. The van der Waals surface area contributed by atoms with Crippen LogP contribution in [0.2, 0.25) is 5.02 Å². The zero-order valence-electron chi connectivity index (χ0n) is 13.6. The van der Waals surface area contributed by atoms with Gasteiger partial charge in [-0.15, -0.1) is 0 Å². The third-order valence-electron chi connectivity index (χ3n) is 4.19. The third kappa shape index (κ3) is 5.11. The van der Waals surface area contributed by atoms with Crippen molar-refractivity contribution in [1.29, 1.82) is 0 Å². The van der Waals surface area contributed by atoms with Crippen LogP contribution in [-0.2, 0) is 14.3 Å². The molecule has 2 rings (SSSR count). The van der Waals surface area contributed by atoms with Crippen molar-refractivity contribution in [1.82, 2.24) is 0 Å². The molecule has 1 aliphatic rings. The van der Waals surface area contributed by atoms with Gasteiger partial charge in [-0.25, -0.2) is 0 Å². The minimum Gasteiger partial charge on any atom is -0.490 e. The van der Waals surface area contributed by atoms with Crippen LogP contribution in [0.1, 0.15) is 25.7 Å². The van der Waals surface area contributed by atoms with E-state index >= 15 is 0 Å².